The van der Waals surface area contributed by atoms with E-state index in [-0.39, 0.29) is 12.1 Å². The van der Waals surface area contributed by atoms with Crippen LogP contribution in [0, 0.1) is 17.2 Å². The second-order valence-electron chi connectivity index (χ2n) is 10.1. The van der Waals surface area contributed by atoms with Crippen molar-refractivity contribution < 1.29 is 18.0 Å². The van der Waals surface area contributed by atoms with Crippen LogP contribution in [0.15, 0.2) is 61.6 Å². The normalized spacial score (nSPS) is 19.9. The van der Waals surface area contributed by atoms with Crippen LogP contribution in [-0.4, -0.2) is 54.4 Å². The number of anilines is 1. The summed E-state index contributed by atoms with van der Waals surface area (Å²) < 4.78 is 41.8. The van der Waals surface area contributed by atoms with Gasteiger partial charge in [0.25, 0.3) is 5.91 Å². The largest absolute Gasteiger partial charge is 0.408 e. The molecule has 1 aliphatic carbocycles. The predicted molar refractivity (Wildman–Crippen MR) is 139 cm³/mol. The molecule has 0 radical (unpaired) electrons. The van der Waals surface area contributed by atoms with Crippen molar-refractivity contribution in [3.8, 4) is 17.2 Å². The van der Waals surface area contributed by atoms with E-state index in [1.165, 1.54) is 6.20 Å². The van der Waals surface area contributed by atoms with Crippen LogP contribution in [-0.2, 0) is 5.54 Å². The summed E-state index contributed by atoms with van der Waals surface area (Å²) in [6.45, 7) is 0.339. The Bertz CT molecular complexity index is 1610. The number of nitrogens with one attached hydrogen (secondary N) is 2. The van der Waals surface area contributed by atoms with E-state index in [2.05, 4.69) is 36.4 Å². The topological polar surface area (TPSA) is 128 Å². The summed E-state index contributed by atoms with van der Waals surface area (Å²) in [5.41, 5.74) is 1.69. The van der Waals surface area contributed by atoms with Crippen LogP contribution >= 0.6 is 0 Å². The maximum absolute atomic E-state index is 13.3. The van der Waals surface area contributed by atoms with Crippen LogP contribution in [0.25, 0.3) is 22.2 Å². The summed E-state index contributed by atoms with van der Waals surface area (Å²) in [5, 5.41) is 17.4. The van der Waals surface area contributed by atoms with Gasteiger partial charge in [0, 0.05) is 35.7 Å². The monoisotopic (exact) mass is 547 g/mol. The first-order valence-electron chi connectivity index (χ1n) is 12.7. The lowest BCUT2D eigenvalue weighted by atomic mass is 9.89. The molecule has 2 N–H and O–H groups in total. The summed E-state index contributed by atoms with van der Waals surface area (Å²) in [7, 11) is 0. The molecule has 0 aromatic carbocycles. The van der Waals surface area contributed by atoms with Crippen molar-refractivity contribution in [2.45, 2.75) is 43.4 Å². The fourth-order valence-electron chi connectivity index (χ4n) is 5.15. The van der Waals surface area contributed by atoms with Crippen molar-refractivity contribution >= 4 is 22.8 Å². The molecule has 1 fully saturated rings. The quantitative estimate of drug-likeness (QED) is 0.353. The van der Waals surface area contributed by atoms with E-state index in [0.717, 1.165) is 28.4 Å². The molecule has 40 heavy (non-hydrogen) atoms. The van der Waals surface area contributed by atoms with Crippen molar-refractivity contribution in [3.05, 3.63) is 67.3 Å². The maximum Gasteiger partial charge on any atom is 0.408 e. The van der Waals surface area contributed by atoms with Crippen LogP contribution in [0.5, 0.6) is 0 Å². The van der Waals surface area contributed by atoms with Crippen molar-refractivity contribution in [1.82, 2.24) is 35.0 Å². The average molecular weight is 548 g/mol. The maximum atomic E-state index is 13.3. The lowest BCUT2D eigenvalue weighted by molar-refractivity contribution is -0.158. The smallest absolute Gasteiger partial charge is 0.346 e. The molecule has 6 rings (SSSR count). The summed E-state index contributed by atoms with van der Waals surface area (Å²) in [4.78, 5) is 30.1. The zero-order chi connectivity index (χ0) is 27.9. The number of nitriles is 1. The van der Waals surface area contributed by atoms with Gasteiger partial charge in [-0.15, -0.1) is 0 Å². The third kappa shape index (κ3) is 4.76. The lowest BCUT2D eigenvalue weighted by Crippen LogP contribution is -2.47. The van der Waals surface area contributed by atoms with E-state index < -0.39 is 29.6 Å². The van der Waals surface area contributed by atoms with Gasteiger partial charge in [-0.05, 0) is 42.9 Å². The van der Waals surface area contributed by atoms with Crippen molar-refractivity contribution in [2.24, 2.45) is 5.92 Å². The Kier molecular flexibility index (Phi) is 6.25. The summed E-state index contributed by atoms with van der Waals surface area (Å²) in [6.07, 6.45) is 10.5. The van der Waals surface area contributed by atoms with E-state index in [1.54, 1.807) is 22.0 Å². The molecular weight excluding hydrogens is 523 g/mol. The number of halogens is 3. The number of alkyl halides is 3. The van der Waals surface area contributed by atoms with Gasteiger partial charge in [-0.25, -0.2) is 15.0 Å². The number of carbonyl (C=O) groups is 1. The molecule has 2 atom stereocenters. The zero-order valence-corrected chi connectivity index (χ0v) is 21.1. The number of allylic oxidation sites excluding steroid dienone is 1. The second kappa shape index (κ2) is 9.78. The molecule has 1 saturated carbocycles. The molecule has 0 bridgehead atoms. The van der Waals surface area contributed by atoms with Crippen molar-refractivity contribution in [3.63, 3.8) is 0 Å². The van der Waals surface area contributed by atoms with Crippen molar-refractivity contribution in [2.75, 3.05) is 11.4 Å². The first-order chi connectivity index (χ1) is 19.3. The van der Waals surface area contributed by atoms with E-state index in [1.807, 2.05) is 36.8 Å². The fraction of sp³-hybridized carbons (Fsp3) is 0.333. The summed E-state index contributed by atoms with van der Waals surface area (Å²) in [5.74, 6) is -1.13. The number of nitrogens with zero attached hydrogens (tertiary/aromatic N) is 7. The Hall–Kier alpha value is -4.73. The number of hydrogen-bond donors (Lipinski definition) is 2. The predicted octanol–water partition coefficient (Wildman–Crippen LogP) is 4.32. The third-order valence-electron chi connectivity index (χ3n) is 7.39. The van der Waals surface area contributed by atoms with Gasteiger partial charge >= 0.3 is 6.18 Å². The van der Waals surface area contributed by atoms with Crippen LogP contribution in [0.4, 0.5) is 19.0 Å². The molecule has 1 amide bonds. The van der Waals surface area contributed by atoms with Gasteiger partial charge in [0.2, 0.25) is 0 Å². The SMILES string of the molecule is N#CCC1(n2cc(-c3ccnc4[nH]ccc34)cn2)CC=CN(c2cnc(C(=O)N[C@@H](C3CC3)C(F)(F)F)cn2)C1. The summed E-state index contributed by atoms with van der Waals surface area (Å²) >= 11 is 0. The van der Waals surface area contributed by atoms with Crippen LogP contribution in [0.3, 0.4) is 0 Å². The Balaban J connectivity index is 1.22. The number of carbonyl (C=O) groups excluding carboxylic acids is 1. The highest BCUT2D eigenvalue weighted by molar-refractivity contribution is 5.93. The summed E-state index contributed by atoms with van der Waals surface area (Å²) in [6, 6.07) is 4.24. The Morgan fingerprint density at radius 1 is 1.23 bits per heavy atom. The standard InChI is InChI=1S/C27H24F3N9O/c28-27(29,30)23(17-2-3-17)37-25(40)21-13-35-22(14-34-21)38-11-1-6-26(16-38,7-8-31)39-15-18(12-36-39)19-4-9-32-24-20(19)5-10-33-24/h1,4-5,9-15,17,23H,2-3,6-7,16H2,(H,32,33)(H,37,40)/t23-,26?/m0/s1. The molecule has 2 aliphatic rings. The molecular formula is C27H24F3N9O. The molecule has 1 unspecified atom stereocenters. The second-order valence-corrected chi connectivity index (χ2v) is 10.1. The van der Waals surface area contributed by atoms with Gasteiger partial charge in [-0.1, -0.05) is 6.08 Å². The zero-order valence-electron chi connectivity index (χ0n) is 21.1. The molecule has 4 aromatic heterocycles. The van der Waals surface area contributed by atoms with Gasteiger partial charge in [0.15, 0.2) is 5.82 Å². The number of aromatic amines is 1. The highest BCUT2D eigenvalue weighted by atomic mass is 19.4. The molecule has 4 aromatic rings. The third-order valence-corrected chi connectivity index (χ3v) is 7.39. The first-order valence-corrected chi connectivity index (χ1v) is 12.7. The van der Waals surface area contributed by atoms with Gasteiger partial charge < -0.3 is 15.2 Å². The number of hydrogen-bond acceptors (Lipinski definition) is 7. The number of fused-ring (bicyclic) bond motifs is 1. The van der Waals surface area contributed by atoms with Crippen LogP contribution in [0.2, 0.25) is 0 Å². The van der Waals surface area contributed by atoms with E-state index in [9.17, 15) is 23.2 Å². The lowest BCUT2D eigenvalue weighted by Gasteiger charge is -2.38. The van der Waals surface area contributed by atoms with E-state index in [0.29, 0.717) is 31.6 Å². The molecule has 13 heteroatoms. The van der Waals surface area contributed by atoms with Crippen LogP contribution < -0.4 is 10.2 Å². The first kappa shape index (κ1) is 25.5. The fourth-order valence-corrected chi connectivity index (χ4v) is 5.15. The van der Waals surface area contributed by atoms with Gasteiger partial charge in [0.05, 0.1) is 43.2 Å². The number of rotatable bonds is 7. The Morgan fingerprint density at radius 3 is 2.80 bits per heavy atom. The number of pyridine rings is 1. The number of H-pyrrole nitrogens is 1. The molecule has 0 saturated heterocycles. The molecule has 0 spiro atoms. The van der Waals surface area contributed by atoms with Gasteiger partial charge in [-0.2, -0.15) is 23.5 Å². The van der Waals surface area contributed by atoms with Gasteiger partial charge in [0.1, 0.15) is 17.4 Å². The van der Waals surface area contributed by atoms with E-state index in [4.69, 9.17) is 0 Å². The molecule has 1 aliphatic heterocycles. The number of amides is 1. The van der Waals surface area contributed by atoms with E-state index >= 15 is 0 Å². The number of aromatic nitrogens is 6. The highest BCUT2D eigenvalue weighted by Crippen LogP contribution is 2.40. The van der Waals surface area contributed by atoms with Crippen LogP contribution in [0.1, 0.15) is 36.2 Å². The Labute approximate surface area is 226 Å². The Morgan fingerprint density at radius 2 is 2.08 bits per heavy atom. The minimum absolute atomic E-state index is 0.165. The minimum Gasteiger partial charge on any atom is -0.346 e. The van der Waals surface area contributed by atoms with Gasteiger partial charge in [-0.3, -0.25) is 9.48 Å². The minimum atomic E-state index is -4.52. The molecule has 204 valence electrons. The van der Waals surface area contributed by atoms with Crippen molar-refractivity contribution in [1.29, 1.82) is 5.26 Å². The highest BCUT2D eigenvalue weighted by Gasteiger charge is 2.49. The molecule has 10 nitrogen and oxygen atoms in total. The molecule has 5 heterocycles. The average Bonchev–Trinajstić information content (AvgIpc) is 3.43.